The van der Waals surface area contributed by atoms with Crippen LogP contribution < -0.4 is 11.1 Å². The molecule has 0 aromatic heterocycles. The van der Waals surface area contributed by atoms with Crippen LogP contribution in [-0.4, -0.2) is 0 Å². The molecule has 88 valence electrons. The van der Waals surface area contributed by atoms with Gasteiger partial charge in [-0.15, -0.1) is 0 Å². The second kappa shape index (κ2) is 5.23. The number of nitrogen functional groups attached to an aromatic ring is 1. The predicted molar refractivity (Wildman–Crippen MR) is 77.1 cm³/mol. The van der Waals surface area contributed by atoms with Crippen LogP contribution in [-0.2, 0) is 6.54 Å². The van der Waals surface area contributed by atoms with E-state index in [2.05, 4.69) is 34.2 Å². The standard InChI is InChI=1S/C14H15BrN2/c1-10-8-12(16)6-7-14(10)17-9-11-4-2-3-5-13(11)15/h2-8,17H,9,16H2,1H3. The number of hydrogen-bond donors (Lipinski definition) is 2. The maximum Gasteiger partial charge on any atom is 0.0412 e. The minimum Gasteiger partial charge on any atom is -0.399 e. The largest absolute Gasteiger partial charge is 0.399 e. The van der Waals surface area contributed by atoms with Crippen LogP contribution in [0.25, 0.3) is 0 Å². The van der Waals surface area contributed by atoms with Crippen molar-refractivity contribution in [3.05, 3.63) is 58.1 Å². The average molecular weight is 291 g/mol. The molecule has 0 atom stereocenters. The van der Waals surface area contributed by atoms with Gasteiger partial charge in [-0.05, 0) is 42.3 Å². The Hall–Kier alpha value is -1.48. The molecule has 0 amide bonds. The number of aryl methyl sites for hydroxylation is 1. The topological polar surface area (TPSA) is 38.0 Å². The van der Waals surface area contributed by atoms with E-state index < -0.39 is 0 Å². The SMILES string of the molecule is Cc1cc(N)ccc1NCc1ccccc1Br. The minimum absolute atomic E-state index is 0.798. The lowest BCUT2D eigenvalue weighted by Gasteiger charge is -2.11. The van der Waals surface area contributed by atoms with Gasteiger partial charge in [0.1, 0.15) is 0 Å². The van der Waals surface area contributed by atoms with Gasteiger partial charge in [0, 0.05) is 22.4 Å². The van der Waals surface area contributed by atoms with Crippen LogP contribution in [0.1, 0.15) is 11.1 Å². The minimum atomic E-state index is 0.798. The Balaban J connectivity index is 2.10. The van der Waals surface area contributed by atoms with Crippen LogP contribution >= 0.6 is 15.9 Å². The van der Waals surface area contributed by atoms with E-state index in [1.165, 1.54) is 5.56 Å². The molecule has 0 fully saturated rings. The van der Waals surface area contributed by atoms with E-state index in [0.717, 1.165) is 28.0 Å². The third-order valence-electron chi connectivity index (χ3n) is 2.68. The fourth-order valence-corrected chi connectivity index (χ4v) is 2.14. The molecule has 0 aliphatic carbocycles. The van der Waals surface area contributed by atoms with Crippen LogP contribution in [0.3, 0.4) is 0 Å². The fourth-order valence-electron chi connectivity index (χ4n) is 1.72. The molecule has 2 nitrogen and oxygen atoms in total. The molecule has 0 aliphatic heterocycles. The zero-order chi connectivity index (χ0) is 12.3. The lowest BCUT2D eigenvalue weighted by atomic mass is 10.1. The molecule has 0 aliphatic rings. The first kappa shape index (κ1) is 12.0. The molecule has 2 aromatic carbocycles. The molecule has 2 aromatic rings. The van der Waals surface area contributed by atoms with E-state index in [1.807, 2.05) is 36.4 Å². The van der Waals surface area contributed by atoms with Gasteiger partial charge in [-0.2, -0.15) is 0 Å². The molecule has 0 heterocycles. The fraction of sp³-hybridized carbons (Fsp3) is 0.143. The van der Waals surface area contributed by atoms with E-state index in [4.69, 9.17) is 5.73 Å². The van der Waals surface area contributed by atoms with E-state index in [0.29, 0.717) is 0 Å². The third-order valence-corrected chi connectivity index (χ3v) is 3.45. The molecule has 0 saturated carbocycles. The Morgan fingerprint density at radius 1 is 1.18 bits per heavy atom. The monoisotopic (exact) mass is 290 g/mol. The van der Waals surface area contributed by atoms with Gasteiger partial charge in [0.05, 0.1) is 0 Å². The number of nitrogens with one attached hydrogen (secondary N) is 1. The highest BCUT2D eigenvalue weighted by Crippen LogP contribution is 2.21. The second-order valence-corrected chi connectivity index (χ2v) is 4.87. The predicted octanol–water partition coefficient (Wildman–Crippen LogP) is 3.95. The molecule has 0 saturated heterocycles. The normalized spacial score (nSPS) is 10.2. The zero-order valence-electron chi connectivity index (χ0n) is 9.70. The summed E-state index contributed by atoms with van der Waals surface area (Å²) < 4.78 is 1.13. The van der Waals surface area contributed by atoms with Crippen LogP contribution in [0, 0.1) is 6.92 Å². The first-order chi connectivity index (χ1) is 8.16. The lowest BCUT2D eigenvalue weighted by Crippen LogP contribution is -2.02. The van der Waals surface area contributed by atoms with Crippen molar-refractivity contribution in [3.8, 4) is 0 Å². The molecular weight excluding hydrogens is 276 g/mol. The van der Waals surface area contributed by atoms with E-state index in [-0.39, 0.29) is 0 Å². The zero-order valence-corrected chi connectivity index (χ0v) is 11.3. The Bertz CT molecular complexity index is 523. The average Bonchev–Trinajstić information content (AvgIpc) is 2.30. The molecule has 0 radical (unpaired) electrons. The Kier molecular flexibility index (Phi) is 3.69. The van der Waals surface area contributed by atoms with Gasteiger partial charge in [-0.3, -0.25) is 0 Å². The Morgan fingerprint density at radius 3 is 2.65 bits per heavy atom. The number of nitrogens with two attached hydrogens (primary N) is 1. The maximum absolute atomic E-state index is 5.72. The molecule has 17 heavy (non-hydrogen) atoms. The molecule has 0 unspecified atom stereocenters. The van der Waals surface area contributed by atoms with Gasteiger partial charge in [0.25, 0.3) is 0 Å². The molecule has 2 rings (SSSR count). The van der Waals surface area contributed by atoms with Crippen LogP contribution in [0.4, 0.5) is 11.4 Å². The summed E-state index contributed by atoms with van der Waals surface area (Å²) >= 11 is 3.54. The van der Waals surface area contributed by atoms with E-state index >= 15 is 0 Å². The first-order valence-electron chi connectivity index (χ1n) is 5.50. The highest BCUT2D eigenvalue weighted by atomic mass is 79.9. The van der Waals surface area contributed by atoms with Crippen LogP contribution in [0.15, 0.2) is 46.9 Å². The quantitative estimate of drug-likeness (QED) is 0.840. The van der Waals surface area contributed by atoms with Crippen molar-refractivity contribution in [1.29, 1.82) is 0 Å². The van der Waals surface area contributed by atoms with Crippen molar-refractivity contribution in [3.63, 3.8) is 0 Å². The van der Waals surface area contributed by atoms with Crippen LogP contribution in [0.2, 0.25) is 0 Å². The summed E-state index contributed by atoms with van der Waals surface area (Å²) in [4.78, 5) is 0. The van der Waals surface area contributed by atoms with Gasteiger partial charge in [-0.1, -0.05) is 34.1 Å². The summed E-state index contributed by atoms with van der Waals surface area (Å²) in [7, 11) is 0. The number of hydrogen-bond acceptors (Lipinski definition) is 2. The van der Waals surface area contributed by atoms with Crippen molar-refractivity contribution in [2.45, 2.75) is 13.5 Å². The molecular formula is C14H15BrN2. The Morgan fingerprint density at radius 2 is 1.94 bits per heavy atom. The second-order valence-electron chi connectivity index (χ2n) is 4.02. The summed E-state index contributed by atoms with van der Waals surface area (Å²) in [6, 6.07) is 14.1. The summed E-state index contributed by atoms with van der Waals surface area (Å²) in [5, 5.41) is 3.41. The smallest absolute Gasteiger partial charge is 0.0412 e. The number of benzene rings is 2. The van der Waals surface area contributed by atoms with Crippen molar-refractivity contribution in [1.82, 2.24) is 0 Å². The van der Waals surface area contributed by atoms with Gasteiger partial charge in [0.15, 0.2) is 0 Å². The van der Waals surface area contributed by atoms with Crippen molar-refractivity contribution >= 4 is 27.3 Å². The van der Waals surface area contributed by atoms with E-state index in [9.17, 15) is 0 Å². The molecule has 0 bridgehead atoms. The number of halogens is 1. The maximum atomic E-state index is 5.72. The number of rotatable bonds is 3. The van der Waals surface area contributed by atoms with Crippen molar-refractivity contribution < 1.29 is 0 Å². The summed E-state index contributed by atoms with van der Waals surface area (Å²) in [5.41, 5.74) is 10.0. The lowest BCUT2D eigenvalue weighted by molar-refractivity contribution is 1.13. The van der Waals surface area contributed by atoms with Gasteiger partial charge in [-0.25, -0.2) is 0 Å². The van der Waals surface area contributed by atoms with Gasteiger partial charge >= 0.3 is 0 Å². The molecule has 3 N–H and O–H groups in total. The highest BCUT2D eigenvalue weighted by Gasteiger charge is 2.01. The number of anilines is 2. The summed E-state index contributed by atoms with van der Waals surface area (Å²) in [6.45, 7) is 2.85. The Labute approximate surface area is 110 Å². The van der Waals surface area contributed by atoms with Gasteiger partial charge in [0.2, 0.25) is 0 Å². The summed E-state index contributed by atoms with van der Waals surface area (Å²) in [6.07, 6.45) is 0. The third kappa shape index (κ3) is 3.01. The molecule has 3 heteroatoms. The highest BCUT2D eigenvalue weighted by molar-refractivity contribution is 9.10. The van der Waals surface area contributed by atoms with E-state index in [1.54, 1.807) is 0 Å². The summed E-state index contributed by atoms with van der Waals surface area (Å²) in [5.74, 6) is 0. The van der Waals surface area contributed by atoms with Crippen molar-refractivity contribution in [2.75, 3.05) is 11.1 Å². The van der Waals surface area contributed by atoms with Gasteiger partial charge < -0.3 is 11.1 Å². The first-order valence-corrected chi connectivity index (χ1v) is 6.29. The molecule has 0 spiro atoms. The van der Waals surface area contributed by atoms with Crippen molar-refractivity contribution in [2.24, 2.45) is 0 Å². The van der Waals surface area contributed by atoms with Crippen LogP contribution in [0.5, 0.6) is 0 Å².